The van der Waals surface area contributed by atoms with Gasteiger partial charge in [-0.2, -0.15) is 0 Å². The largest absolute Gasteiger partial charge is 0.357 e. The number of rotatable bonds is 6. The lowest BCUT2D eigenvalue weighted by Crippen LogP contribution is -2.37. The van der Waals surface area contributed by atoms with Crippen LogP contribution in [0.3, 0.4) is 0 Å². The first-order valence-electron chi connectivity index (χ1n) is 7.19. The minimum atomic E-state index is 0.484. The number of hydrogen-bond donors (Lipinski definition) is 2. The number of aryl methyl sites for hydroxylation is 1. The van der Waals surface area contributed by atoms with Crippen molar-refractivity contribution < 1.29 is 0 Å². The summed E-state index contributed by atoms with van der Waals surface area (Å²) in [5.41, 5.74) is 1.08. The van der Waals surface area contributed by atoms with Crippen LogP contribution in [0.2, 0.25) is 0 Å². The van der Waals surface area contributed by atoms with Gasteiger partial charge in [-0.15, -0.1) is 29.1 Å². The third-order valence-corrected chi connectivity index (χ3v) is 4.80. The molecule has 0 aliphatic rings. The quantitative estimate of drug-likeness (QED) is 0.486. The minimum Gasteiger partial charge on any atom is -0.357 e. The van der Waals surface area contributed by atoms with Crippen LogP contribution in [0.1, 0.15) is 16.8 Å². The fourth-order valence-corrected chi connectivity index (χ4v) is 3.53. The van der Waals surface area contributed by atoms with Gasteiger partial charge in [0, 0.05) is 29.8 Å². The standard InChI is InChI=1S/C16H20N4S2/c1-4-9-18-16(17-5-2)19-10-8-13-6-7-15(22-13)14-11-21-12(3)20-14/h1,6-7,11H,5,8-10H2,2-3H3,(H2,17,18,19). The summed E-state index contributed by atoms with van der Waals surface area (Å²) in [5.74, 6) is 3.32. The number of thiazole rings is 1. The van der Waals surface area contributed by atoms with Gasteiger partial charge in [0.05, 0.1) is 22.1 Å². The first-order chi connectivity index (χ1) is 10.7. The minimum absolute atomic E-state index is 0.484. The van der Waals surface area contributed by atoms with Crippen LogP contribution in [0.15, 0.2) is 22.5 Å². The van der Waals surface area contributed by atoms with Gasteiger partial charge in [0.15, 0.2) is 5.96 Å². The van der Waals surface area contributed by atoms with Crippen molar-refractivity contribution in [3.63, 3.8) is 0 Å². The van der Waals surface area contributed by atoms with Crippen molar-refractivity contribution in [3.05, 3.63) is 27.4 Å². The van der Waals surface area contributed by atoms with Gasteiger partial charge in [-0.05, 0) is 26.0 Å². The lowest BCUT2D eigenvalue weighted by atomic mass is 10.3. The normalized spacial score (nSPS) is 11.2. The first kappa shape index (κ1) is 16.5. The molecule has 0 aliphatic carbocycles. The van der Waals surface area contributed by atoms with E-state index in [1.54, 1.807) is 22.7 Å². The summed E-state index contributed by atoms with van der Waals surface area (Å²) in [7, 11) is 0. The summed E-state index contributed by atoms with van der Waals surface area (Å²) >= 11 is 3.47. The highest BCUT2D eigenvalue weighted by molar-refractivity contribution is 7.16. The number of hydrogen-bond acceptors (Lipinski definition) is 4. The summed E-state index contributed by atoms with van der Waals surface area (Å²) in [6.07, 6.45) is 6.17. The maximum atomic E-state index is 5.25. The van der Waals surface area contributed by atoms with Crippen LogP contribution in [0, 0.1) is 19.3 Å². The number of terminal acetylenes is 1. The van der Waals surface area contributed by atoms with E-state index in [2.05, 4.69) is 44.0 Å². The highest BCUT2D eigenvalue weighted by Crippen LogP contribution is 2.29. The number of nitrogens with zero attached hydrogens (tertiary/aromatic N) is 2. The highest BCUT2D eigenvalue weighted by Gasteiger charge is 2.06. The van der Waals surface area contributed by atoms with E-state index in [1.165, 1.54) is 9.75 Å². The lowest BCUT2D eigenvalue weighted by Gasteiger charge is -2.08. The van der Waals surface area contributed by atoms with Crippen molar-refractivity contribution in [1.82, 2.24) is 15.6 Å². The van der Waals surface area contributed by atoms with Crippen molar-refractivity contribution in [2.45, 2.75) is 20.3 Å². The Morgan fingerprint density at radius 2 is 2.27 bits per heavy atom. The van der Waals surface area contributed by atoms with Crippen molar-refractivity contribution in [1.29, 1.82) is 0 Å². The van der Waals surface area contributed by atoms with Gasteiger partial charge in [0.1, 0.15) is 0 Å². The number of guanidine groups is 1. The van der Waals surface area contributed by atoms with Crippen LogP contribution >= 0.6 is 22.7 Å². The van der Waals surface area contributed by atoms with Crippen molar-refractivity contribution >= 4 is 28.6 Å². The molecule has 116 valence electrons. The molecule has 4 nitrogen and oxygen atoms in total. The Labute approximate surface area is 139 Å². The molecule has 0 fully saturated rings. The summed E-state index contributed by atoms with van der Waals surface area (Å²) < 4.78 is 0. The van der Waals surface area contributed by atoms with Crippen molar-refractivity contribution in [3.8, 4) is 22.9 Å². The first-order valence-corrected chi connectivity index (χ1v) is 8.89. The molecule has 0 aliphatic heterocycles. The van der Waals surface area contributed by atoms with Gasteiger partial charge < -0.3 is 10.6 Å². The number of nitrogens with one attached hydrogen (secondary N) is 2. The third kappa shape index (κ3) is 4.86. The van der Waals surface area contributed by atoms with Gasteiger partial charge >= 0.3 is 0 Å². The molecular weight excluding hydrogens is 312 g/mol. The topological polar surface area (TPSA) is 49.3 Å². The van der Waals surface area contributed by atoms with E-state index in [9.17, 15) is 0 Å². The van der Waals surface area contributed by atoms with Crippen LogP contribution in [-0.2, 0) is 6.42 Å². The van der Waals surface area contributed by atoms with Crippen LogP contribution in [0.5, 0.6) is 0 Å². The number of aliphatic imine (C=N–C) groups is 1. The van der Waals surface area contributed by atoms with E-state index in [-0.39, 0.29) is 0 Å². The number of thiophene rings is 1. The molecule has 0 unspecified atom stereocenters. The Morgan fingerprint density at radius 3 is 2.95 bits per heavy atom. The predicted molar refractivity (Wildman–Crippen MR) is 96.7 cm³/mol. The van der Waals surface area contributed by atoms with Crippen LogP contribution in [-0.4, -0.2) is 30.6 Å². The molecule has 22 heavy (non-hydrogen) atoms. The zero-order chi connectivity index (χ0) is 15.8. The molecule has 2 rings (SSSR count). The zero-order valence-electron chi connectivity index (χ0n) is 12.8. The van der Waals surface area contributed by atoms with Gasteiger partial charge in [-0.25, -0.2) is 4.98 Å². The molecule has 2 aromatic heterocycles. The second kappa shape index (κ2) is 8.57. The summed E-state index contributed by atoms with van der Waals surface area (Å²) in [4.78, 5) is 11.6. The van der Waals surface area contributed by atoms with Gasteiger partial charge in [-0.3, -0.25) is 4.99 Å². The molecule has 0 amide bonds. The summed E-state index contributed by atoms with van der Waals surface area (Å²) in [5, 5.41) is 9.47. The molecule has 0 aromatic carbocycles. The molecule has 0 spiro atoms. The van der Waals surface area contributed by atoms with Gasteiger partial charge in [-0.1, -0.05) is 5.92 Å². The highest BCUT2D eigenvalue weighted by atomic mass is 32.1. The SMILES string of the molecule is C#CCNC(=NCCc1ccc(-c2csc(C)n2)s1)NCC. The maximum absolute atomic E-state index is 5.25. The Hall–Kier alpha value is -1.84. The second-order valence-electron chi connectivity index (χ2n) is 4.59. The Bertz CT molecular complexity index is 664. The molecule has 0 atom stereocenters. The molecule has 2 heterocycles. The monoisotopic (exact) mass is 332 g/mol. The average molecular weight is 332 g/mol. The molecule has 2 N–H and O–H groups in total. The molecule has 0 saturated carbocycles. The van der Waals surface area contributed by atoms with E-state index in [4.69, 9.17) is 6.42 Å². The van der Waals surface area contributed by atoms with E-state index in [0.29, 0.717) is 6.54 Å². The van der Waals surface area contributed by atoms with E-state index < -0.39 is 0 Å². The molecule has 0 radical (unpaired) electrons. The molecule has 0 bridgehead atoms. The lowest BCUT2D eigenvalue weighted by molar-refractivity contribution is 0.858. The van der Waals surface area contributed by atoms with E-state index >= 15 is 0 Å². The number of aromatic nitrogens is 1. The summed E-state index contributed by atoms with van der Waals surface area (Å²) in [6.45, 7) is 6.11. The Kier molecular flexibility index (Phi) is 6.44. The molecule has 0 saturated heterocycles. The van der Waals surface area contributed by atoms with Crippen LogP contribution in [0.4, 0.5) is 0 Å². The predicted octanol–water partition coefficient (Wildman–Crippen LogP) is 2.91. The second-order valence-corrected chi connectivity index (χ2v) is 6.82. The summed E-state index contributed by atoms with van der Waals surface area (Å²) in [6, 6.07) is 4.30. The van der Waals surface area contributed by atoms with E-state index in [0.717, 1.165) is 36.2 Å². The maximum Gasteiger partial charge on any atom is 0.192 e. The van der Waals surface area contributed by atoms with Crippen molar-refractivity contribution in [2.75, 3.05) is 19.6 Å². The molecular formula is C16H20N4S2. The fourth-order valence-electron chi connectivity index (χ4n) is 1.88. The van der Waals surface area contributed by atoms with E-state index in [1.807, 2.05) is 13.8 Å². The smallest absolute Gasteiger partial charge is 0.192 e. The molecule has 2 aromatic rings. The average Bonchev–Trinajstić information content (AvgIpc) is 3.13. The fraction of sp³-hybridized carbons (Fsp3) is 0.375. The third-order valence-electron chi connectivity index (χ3n) is 2.86. The van der Waals surface area contributed by atoms with Crippen molar-refractivity contribution in [2.24, 2.45) is 4.99 Å². The van der Waals surface area contributed by atoms with Crippen LogP contribution < -0.4 is 10.6 Å². The Morgan fingerprint density at radius 1 is 1.41 bits per heavy atom. The zero-order valence-corrected chi connectivity index (χ0v) is 14.5. The Balaban J connectivity index is 1.91. The van der Waals surface area contributed by atoms with Crippen LogP contribution in [0.25, 0.3) is 10.6 Å². The van der Waals surface area contributed by atoms with Gasteiger partial charge in [0.25, 0.3) is 0 Å². The van der Waals surface area contributed by atoms with Gasteiger partial charge in [0.2, 0.25) is 0 Å². The molecule has 6 heteroatoms.